The number of piperidine rings is 1. The van der Waals surface area contributed by atoms with Crippen molar-refractivity contribution in [2.24, 2.45) is 5.92 Å². The molecular weight excluding hydrogens is 382 g/mol. The van der Waals surface area contributed by atoms with Crippen LogP contribution in [0, 0.1) is 5.92 Å². The van der Waals surface area contributed by atoms with E-state index in [4.69, 9.17) is 0 Å². The van der Waals surface area contributed by atoms with Gasteiger partial charge in [0.25, 0.3) is 5.91 Å². The number of carbonyl (C=O) groups excluding carboxylic acids is 4. The van der Waals surface area contributed by atoms with Crippen LogP contribution in [0.1, 0.15) is 40.5 Å². The fourth-order valence-electron chi connectivity index (χ4n) is 3.38. The number of ketones is 1. The third-order valence-electron chi connectivity index (χ3n) is 5.21. The van der Waals surface area contributed by atoms with Crippen LogP contribution in [0.5, 0.6) is 0 Å². The van der Waals surface area contributed by atoms with Gasteiger partial charge < -0.3 is 15.5 Å². The number of hydrogen-bond acceptors (Lipinski definition) is 4. The maximum atomic E-state index is 12.5. The number of hydrogen-bond donors (Lipinski definition) is 2. The molecule has 30 heavy (non-hydrogen) atoms. The smallest absolute Gasteiger partial charge is 0.251 e. The van der Waals surface area contributed by atoms with E-state index in [1.54, 1.807) is 53.4 Å². The number of carbonyl (C=O) groups is 4. The molecule has 0 unspecified atom stereocenters. The first-order valence-corrected chi connectivity index (χ1v) is 9.97. The zero-order valence-electron chi connectivity index (χ0n) is 16.9. The number of likely N-dealkylation sites (tertiary alicyclic amines) is 1. The van der Waals surface area contributed by atoms with Gasteiger partial charge in [0.1, 0.15) is 0 Å². The Hall–Kier alpha value is -3.48. The van der Waals surface area contributed by atoms with Crippen molar-refractivity contribution in [2.75, 3.05) is 25.0 Å². The molecule has 1 heterocycles. The highest BCUT2D eigenvalue weighted by Crippen LogP contribution is 2.20. The number of Topliss-reactive ketones (excluding diaryl/α,β-unsaturated/α-hetero) is 1. The second-order valence-electron chi connectivity index (χ2n) is 7.33. The van der Waals surface area contributed by atoms with Gasteiger partial charge in [-0.05, 0) is 56.2 Å². The lowest BCUT2D eigenvalue weighted by Crippen LogP contribution is -2.45. The second kappa shape index (κ2) is 9.82. The number of benzene rings is 2. The highest BCUT2D eigenvalue weighted by atomic mass is 16.2. The van der Waals surface area contributed by atoms with Gasteiger partial charge in [0.05, 0.1) is 6.54 Å². The minimum Gasteiger partial charge on any atom is -0.343 e. The molecule has 3 rings (SSSR count). The van der Waals surface area contributed by atoms with Crippen LogP contribution in [0.2, 0.25) is 0 Å². The molecule has 0 radical (unpaired) electrons. The molecule has 156 valence electrons. The molecule has 3 amide bonds. The van der Waals surface area contributed by atoms with Crippen molar-refractivity contribution in [3.63, 3.8) is 0 Å². The molecule has 2 N–H and O–H groups in total. The van der Waals surface area contributed by atoms with Crippen molar-refractivity contribution in [3.8, 4) is 0 Å². The lowest BCUT2D eigenvalue weighted by atomic mass is 9.95. The van der Waals surface area contributed by atoms with E-state index in [9.17, 15) is 19.2 Å². The Balaban J connectivity index is 1.43. The third kappa shape index (κ3) is 5.53. The lowest BCUT2D eigenvalue weighted by molar-refractivity contribution is -0.133. The summed E-state index contributed by atoms with van der Waals surface area (Å²) in [5.74, 6) is -0.729. The van der Waals surface area contributed by atoms with Crippen molar-refractivity contribution in [2.45, 2.75) is 19.8 Å². The van der Waals surface area contributed by atoms with Gasteiger partial charge in [-0.1, -0.05) is 18.2 Å². The minimum absolute atomic E-state index is 0.0233. The molecule has 0 aromatic heterocycles. The fourth-order valence-corrected chi connectivity index (χ4v) is 3.38. The molecule has 7 nitrogen and oxygen atoms in total. The van der Waals surface area contributed by atoms with Crippen molar-refractivity contribution < 1.29 is 19.2 Å². The van der Waals surface area contributed by atoms with Gasteiger partial charge in [-0.25, -0.2) is 0 Å². The Morgan fingerprint density at radius 2 is 1.53 bits per heavy atom. The summed E-state index contributed by atoms with van der Waals surface area (Å²) in [6, 6.07) is 15.5. The van der Waals surface area contributed by atoms with Gasteiger partial charge in [-0.3, -0.25) is 19.2 Å². The van der Waals surface area contributed by atoms with E-state index in [-0.39, 0.29) is 36.0 Å². The van der Waals surface area contributed by atoms with E-state index < -0.39 is 0 Å². The van der Waals surface area contributed by atoms with E-state index >= 15 is 0 Å². The van der Waals surface area contributed by atoms with Crippen LogP contribution in [0.15, 0.2) is 54.6 Å². The molecule has 0 spiro atoms. The number of amides is 3. The van der Waals surface area contributed by atoms with Crippen LogP contribution in [-0.2, 0) is 9.59 Å². The number of nitrogens with one attached hydrogen (secondary N) is 2. The average molecular weight is 407 g/mol. The van der Waals surface area contributed by atoms with Gasteiger partial charge in [0.2, 0.25) is 11.8 Å². The van der Waals surface area contributed by atoms with Crippen LogP contribution in [0.3, 0.4) is 0 Å². The van der Waals surface area contributed by atoms with Crippen LogP contribution in [0.4, 0.5) is 5.69 Å². The monoisotopic (exact) mass is 407 g/mol. The molecule has 0 bridgehead atoms. The Labute approximate surface area is 175 Å². The molecule has 1 aliphatic rings. The maximum Gasteiger partial charge on any atom is 0.251 e. The summed E-state index contributed by atoms with van der Waals surface area (Å²) in [5.41, 5.74) is 1.75. The molecule has 1 saturated heterocycles. The SMILES string of the molecule is CC(=O)c1ccc(NC(=O)C2CCN(C(=O)CNC(=O)c3ccccc3)CC2)cc1. The van der Waals surface area contributed by atoms with Crippen LogP contribution >= 0.6 is 0 Å². The van der Waals surface area contributed by atoms with E-state index in [1.807, 2.05) is 6.07 Å². The van der Waals surface area contributed by atoms with Crippen molar-refractivity contribution >= 4 is 29.2 Å². The summed E-state index contributed by atoms with van der Waals surface area (Å²) in [5, 5.41) is 5.51. The molecule has 0 atom stereocenters. The van der Waals surface area contributed by atoms with E-state index in [0.29, 0.717) is 42.7 Å². The first-order valence-electron chi connectivity index (χ1n) is 9.97. The predicted molar refractivity (Wildman–Crippen MR) is 113 cm³/mol. The van der Waals surface area contributed by atoms with E-state index in [2.05, 4.69) is 10.6 Å². The van der Waals surface area contributed by atoms with Crippen LogP contribution < -0.4 is 10.6 Å². The topological polar surface area (TPSA) is 95.6 Å². The lowest BCUT2D eigenvalue weighted by Gasteiger charge is -2.31. The summed E-state index contributed by atoms with van der Waals surface area (Å²) in [7, 11) is 0. The summed E-state index contributed by atoms with van der Waals surface area (Å²) >= 11 is 0. The molecule has 2 aromatic carbocycles. The molecule has 0 aliphatic carbocycles. The molecular formula is C23H25N3O4. The summed E-state index contributed by atoms with van der Waals surface area (Å²) in [6.07, 6.45) is 1.13. The highest BCUT2D eigenvalue weighted by Gasteiger charge is 2.27. The van der Waals surface area contributed by atoms with E-state index in [1.165, 1.54) is 6.92 Å². The number of nitrogens with zero attached hydrogens (tertiary/aromatic N) is 1. The molecule has 1 aliphatic heterocycles. The Bertz CT molecular complexity index is 917. The third-order valence-corrected chi connectivity index (χ3v) is 5.21. The number of rotatable bonds is 6. The summed E-state index contributed by atoms with van der Waals surface area (Å²) < 4.78 is 0. The molecule has 1 fully saturated rings. The van der Waals surface area contributed by atoms with Crippen LogP contribution in [0.25, 0.3) is 0 Å². The first kappa shape index (κ1) is 21.2. The van der Waals surface area contributed by atoms with Gasteiger partial charge in [0, 0.05) is 35.8 Å². The minimum atomic E-state index is -0.283. The molecule has 2 aromatic rings. The van der Waals surface area contributed by atoms with Gasteiger partial charge >= 0.3 is 0 Å². The zero-order chi connectivity index (χ0) is 21.5. The van der Waals surface area contributed by atoms with E-state index in [0.717, 1.165) is 0 Å². The average Bonchev–Trinajstić information content (AvgIpc) is 2.78. The normalized spacial score (nSPS) is 14.1. The van der Waals surface area contributed by atoms with Gasteiger partial charge in [0.15, 0.2) is 5.78 Å². The van der Waals surface area contributed by atoms with Crippen molar-refractivity contribution in [3.05, 3.63) is 65.7 Å². The largest absolute Gasteiger partial charge is 0.343 e. The summed E-state index contributed by atoms with van der Waals surface area (Å²) in [6.45, 7) is 2.38. The van der Waals surface area contributed by atoms with Crippen molar-refractivity contribution in [1.82, 2.24) is 10.2 Å². The first-order chi connectivity index (χ1) is 14.4. The second-order valence-corrected chi connectivity index (χ2v) is 7.33. The summed E-state index contributed by atoms with van der Waals surface area (Å²) in [4.78, 5) is 49.9. The maximum absolute atomic E-state index is 12.5. The fraction of sp³-hybridized carbons (Fsp3) is 0.304. The van der Waals surface area contributed by atoms with Gasteiger partial charge in [-0.2, -0.15) is 0 Å². The quantitative estimate of drug-likeness (QED) is 0.719. The standard InChI is InChI=1S/C23H25N3O4/c1-16(27)17-7-9-20(10-8-17)25-23(30)19-11-13-26(14-12-19)21(28)15-24-22(29)18-5-3-2-4-6-18/h2-10,19H,11-15H2,1H3,(H,24,29)(H,25,30). The number of anilines is 1. The Morgan fingerprint density at radius 3 is 2.13 bits per heavy atom. The Kier molecular flexibility index (Phi) is 6.95. The Morgan fingerprint density at radius 1 is 0.900 bits per heavy atom. The molecule has 7 heteroatoms. The van der Waals surface area contributed by atoms with Crippen LogP contribution in [-0.4, -0.2) is 48.0 Å². The van der Waals surface area contributed by atoms with Gasteiger partial charge in [-0.15, -0.1) is 0 Å². The predicted octanol–water partition coefficient (Wildman–Crippen LogP) is 2.50. The van der Waals surface area contributed by atoms with Crippen molar-refractivity contribution in [1.29, 1.82) is 0 Å². The zero-order valence-corrected chi connectivity index (χ0v) is 16.9. The molecule has 0 saturated carbocycles. The highest BCUT2D eigenvalue weighted by molar-refractivity contribution is 5.97.